The predicted molar refractivity (Wildman–Crippen MR) is 76.6 cm³/mol. The van der Waals surface area contributed by atoms with Crippen LogP contribution in [0.3, 0.4) is 0 Å². The minimum Gasteiger partial charge on any atom is -0.358 e. The molecular weight excluding hydrogens is 254 g/mol. The molecule has 1 amide bonds. The fourth-order valence-corrected chi connectivity index (χ4v) is 2.50. The summed E-state index contributed by atoms with van der Waals surface area (Å²) < 4.78 is 1.75. The Morgan fingerprint density at radius 2 is 2.40 bits per heavy atom. The van der Waals surface area contributed by atoms with Crippen molar-refractivity contribution in [2.24, 2.45) is 0 Å². The van der Waals surface area contributed by atoms with Gasteiger partial charge in [-0.3, -0.25) is 4.79 Å². The van der Waals surface area contributed by atoms with Crippen LogP contribution >= 0.6 is 0 Å². The van der Waals surface area contributed by atoms with Crippen molar-refractivity contribution in [2.75, 3.05) is 11.9 Å². The van der Waals surface area contributed by atoms with Crippen molar-refractivity contribution in [1.29, 1.82) is 0 Å². The van der Waals surface area contributed by atoms with Crippen LogP contribution in [-0.2, 0) is 11.2 Å². The molecule has 1 saturated heterocycles. The predicted octanol–water partition coefficient (Wildman–Crippen LogP) is 1.37. The van der Waals surface area contributed by atoms with Crippen LogP contribution in [0.2, 0.25) is 0 Å². The van der Waals surface area contributed by atoms with Gasteiger partial charge in [0, 0.05) is 24.4 Å². The Morgan fingerprint density at radius 1 is 1.50 bits per heavy atom. The largest absolute Gasteiger partial charge is 0.358 e. The van der Waals surface area contributed by atoms with Gasteiger partial charge >= 0.3 is 0 Å². The van der Waals surface area contributed by atoms with E-state index in [0.717, 1.165) is 49.4 Å². The molecule has 2 aromatic heterocycles. The standard InChI is InChI=1S/C14H19N5O/c1-2-10-9-13(19-12(17-10)6-8-16-19)18-11-5-3-4-7-15-14(11)20/h6,8-9,11,18H,2-5,7H2,1H3,(H,15,20). The number of aromatic nitrogens is 3. The normalized spacial score (nSPS) is 19.6. The van der Waals surface area contributed by atoms with Gasteiger partial charge in [-0.2, -0.15) is 9.61 Å². The zero-order chi connectivity index (χ0) is 13.9. The molecule has 1 unspecified atom stereocenters. The molecule has 3 rings (SSSR count). The number of hydrogen-bond donors (Lipinski definition) is 2. The fraction of sp³-hybridized carbons (Fsp3) is 0.500. The Bertz CT molecular complexity index is 621. The Labute approximate surface area is 117 Å². The Balaban J connectivity index is 1.92. The summed E-state index contributed by atoms with van der Waals surface area (Å²) in [6, 6.07) is 3.65. The molecule has 0 aromatic carbocycles. The topological polar surface area (TPSA) is 71.3 Å². The number of amides is 1. The molecule has 2 N–H and O–H groups in total. The van der Waals surface area contributed by atoms with E-state index in [1.807, 2.05) is 12.1 Å². The van der Waals surface area contributed by atoms with Crippen LogP contribution in [-0.4, -0.2) is 33.1 Å². The average molecular weight is 273 g/mol. The maximum Gasteiger partial charge on any atom is 0.242 e. The summed E-state index contributed by atoms with van der Waals surface area (Å²) in [5.74, 6) is 0.900. The number of rotatable bonds is 3. The lowest BCUT2D eigenvalue weighted by Gasteiger charge is -2.17. The molecule has 0 spiro atoms. The lowest BCUT2D eigenvalue weighted by molar-refractivity contribution is -0.121. The fourth-order valence-electron chi connectivity index (χ4n) is 2.50. The van der Waals surface area contributed by atoms with E-state index in [0.29, 0.717) is 0 Å². The van der Waals surface area contributed by atoms with E-state index in [4.69, 9.17) is 0 Å². The first-order chi connectivity index (χ1) is 9.78. The molecule has 6 heteroatoms. The van der Waals surface area contributed by atoms with Crippen LogP contribution in [0.15, 0.2) is 18.3 Å². The Morgan fingerprint density at radius 3 is 3.25 bits per heavy atom. The monoisotopic (exact) mass is 273 g/mol. The summed E-state index contributed by atoms with van der Waals surface area (Å²) in [7, 11) is 0. The first-order valence-corrected chi connectivity index (χ1v) is 7.16. The number of hydrogen-bond acceptors (Lipinski definition) is 4. The Hall–Kier alpha value is -2.11. The van der Waals surface area contributed by atoms with Gasteiger partial charge in [0.05, 0.1) is 6.20 Å². The van der Waals surface area contributed by atoms with Crippen LogP contribution in [0.1, 0.15) is 31.9 Å². The van der Waals surface area contributed by atoms with Crippen molar-refractivity contribution in [3.05, 3.63) is 24.0 Å². The van der Waals surface area contributed by atoms with Crippen LogP contribution in [0.4, 0.5) is 5.82 Å². The van der Waals surface area contributed by atoms with Crippen molar-refractivity contribution in [3.8, 4) is 0 Å². The number of aryl methyl sites for hydroxylation is 1. The zero-order valence-electron chi connectivity index (χ0n) is 11.6. The van der Waals surface area contributed by atoms with Crippen LogP contribution in [0, 0.1) is 0 Å². The highest BCUT2D eigenvalue weighted by Gasteiger charge is 2.21. The number of nitrogens with one attached hydrogen (secondary N) is 2. The van der Waals surface area contributed by atoms with Crippen molar-refractivity contribution < 1.29 is 4.79 Å². The van der Waals surface area contributed by atoms with Gasteiger partial charge in [0.2, 0.25) is 5.91 Å². The maximum absolute atomic E-state index is 12.0. The summed E-state index contributed by atoms with van der Waals surface area (Å²) in [6.07, 6.45) is 5.51. The van der Waals surface area contributed by atoms with Crippen molar-refractivity contribution in [1.82, 2.24) is 19.9 Å². The summed E-state index contributed by atoms with van der Waals surface area (Å²) in [5.41, 5.74) is 1.80. The molecule has 1 aliphatic heterocycles. The third-order valence-corrected chi connectivity index (χ3v) is 3.63. The molecular formula is C14H19N5O. The number of anilines is 1. The van der Waals surface area contributed by atoms with Gasteiger partial charge in [0.25, 0.3) is 0 Å². The molecule has 0 saturated carbocycles. The van der Waals surface area contributed by atoms with Gasteiger partial charge in [-0.15, -0.1) is 0 Å². The maximum atomic E-state index is 12.0. The lowest BCUT2D eigenvalue weighted by atomic mass is 10.1. The van der Waals surface area contributed by atoms with Crippen LogP contribution < -0.4 is 10.6 Å². The third kappa shape index (κ3) is 2.45. The molecule has 0 aliphatic carbocycles. The molecule has 1 aliphatic rings. The van der Waals surface area contributed by atoms with Gasteiger partial charge in [0.1, 0.15) is 11.9 Å². The molecule has 106 valence electrons. The van der Waals surface area contributed by atoms with Crippen LogP contribution in [0.25, 0.3) is 5.65 Å². The van der Waals surface area contributed by atoms with E-state index in [1.54, 1.807) is 10.7 Å². The van der Waals surface area contributed by atoms with Gasteiger partial charge < -0.3 is 10.6 Å². The van der Waals surface area contributed by atoms with Crippen LogP contribution in [0.5, 0.6) is 0 Å². The van der Waals surface area contributed by atoms with Crippen molar-refractivity contribution >= 4 is 17.4 Å². The molecule has 0 radical (unpaired) electrons. The quantitative estimate of drug-likeness (QED) is 0.886. The third-order valence-electron chi connectivity index (χ3n) is 3.63. The van der Waals surface area contributed by atoms with Gasteiger partial charge in [-0.25, -0.2) is 4.98 Å². The highest BCUT2D eigenvalue weighted by Crippen LogP contribution is 2.16. The second-order valence-corrected chi connectivity index (χ2v) is 5.07. The first kappa shape index (κ1) is 12.9. The van der Waals surface area contributed by atoms with E-state index in [-0.39, 0.29) is 11.9 Å². The van der Waals surface area contributed by atoms with E-state index in [2.05, 4.69) is 27.6 Å². The zero-order valence-corrected chi connectivity index (χ0v) is 11.6. The van der Waals surface area contributed by atoms with Crippen molar-refractivity contribution in [2.45, 2.75) is 38.6 Å². The van der Waals surface area contributed by atoms with E-state index >= 15 is 0 Å². The molecule has 1 atom stereocenters. The summed E-state index contributed by atoms with van der Waals surface area (Å²) in [5, 5.41) is 10.5. The lowest BCUT2D eigenvalue weighted by Crippen LogP contribution is -2.38. The minimum absolute atomic E-state index is 0.0673. The first-order valence-electron chi connectivity index (χ1n) is 7.16. The highest BCUT2D eigenvalue weighted by atomic mass is 16.2. The summed E-state index contributed by atoms with van der Waals surface area (Å²) in [4.78, 5) is 16.5. The van der Waals surface area contributed by atoms with E-state index < -0.39 is 0 Å². The molecule has 1 fully saturated rings. The molecule has 0 bridgehead atoms. The summed E-state index contributed by atoms with van der Waals surface area (Å²) >= 11 is 0. The second-order valence-electron chi connectivity index (χ2n) is 5.07. The smallest absolute Gasteiger partial charge is 0.242 e. The molecule has 2 aromatic rings. The minimum atomic E-state index is -0.197. The number of nitrogens with zero attached hydrogens (tertiary/aromatic N) is 3. The van der Waals surface area contributed by atoms with Crippen molar-refractivity contribution in [3.63, 3.8) is 0 Å². The number of carbonyl (C=O) groups excluding carboxylic acids is 1. The number of fused-ring (bicyclic) bond motifs is 1. The second kappa shape index (κ2) is 5.48. The van der Waals surface area contributed by atoms with E-state index in [9.17, 15) is 4.79 Å². The Kier molecular flexibility index (Phi) is 3.54. The SMILES string of the molecule is CCc1cc(NC2CCCCNC2=O)n2nccc2n1. The number of carbonyl (C=O) groups is 1. The molecule has 20 heavy (non-hydrogen) atoms. The highest BCUT2D eigenvalue weighted by molar-refractivity contribution is 5.84. The molecule has 3 heterocycles. The molecule has 6 nitrogen and oxygen atoms in total. The van der Waals surface area contributed by atoms with Gasteiger partial charge in [-0.1, -0.05) is 6.92 Å². The van der Waals surface area contributed by atoms with E-state index in [1.165, 1.54) is 0 Å². The average Bonchev–Trinajstić information content (AvgIpc) is 2.84. The van der Waals surface area contributed by atoms with Gasteiger partial charge in [-0.05, 0) is 25.7 Å². The summed E-state index contributed by atoms with van der Waals surface area (Å²) in [6.45, 7) is 2.84. The van der Waals surface area contributed by atoms with Gasteiger partial charge in [0.15, 0.2) is 5.65 Å².